The maximum atomic E-state index is 6.35. The number of rotatable bonds is 7. The Morgan fingerprint density at radius 1 is 1.17 bits per heavy atom. The first-order valence-corrected chi connectivity index (χ1v) is 10.9. The summed E-state index contributed by atoms with van der Waals surface area (Å²) in [6, 6.07) is 8.50. The molecule has 0 aromatic carbocycles. The predicted octanol–water partition coefficient (Wildman–Crippen LogP) is 4.33. The van der Waals surface area contributed by atoms with Crippen molar-refractivity contribution < 1.29 is 9.47 Å². The molecular weight excluding hydrogens is 362 g/mol. The lowest BCUT2D eigenvalue weighted by Gasteiger charge is -2.46. The van der Waals surface area contributed by atoms with E-state index in [2.05, 4.69) is 28.5 Å². The number of nitrogens with one attached hydrogen (secondary N) is 1. The van der Waals surface area contributed by atoms with E-state index in [1.54, 1.807) is 7.11 Å². The Hall–Kier alpha value is -1.98. The van der Waals surface area contributed by atoms with Gasteiger partial charge in [0, 0.05) is 42.2 Å². The minimum Gasteiger partial charge on any atom is -0.481 e. The van der Waals surface area contributed by atoms with Crippen molar-refractivity contribution in [3.8, 4) is 5.88 Å². The van der Waals surface area contributed by atoms with E-state index in [1.807, 2.05) is 25.4 Å². The van der Waals surface area contributed by atoms with Crippen LogP contribution in [0.1, 0.15) is 61.8 Å². The van der Waals surface area contributed by atoms with E-state index >= 15 is 0 Å². The summed E-state index contributed by atoms with van der Waals surface area (Å²) in [4.78, 5) is 9.18. The topological polar surface area (TPSA) is 56.3 Å². The molecule has 5 heteroatoms. The van der Waals surface area contributed by atoms with E-state index < -0.39 is 0 Å². The normalized spacial score (nSPS) is 23.4. The maximum absolute atomic E-state index is 6.35. The molecule has 1 saturated heterocycles. The second-order valence-electron chi connectivity index (χ2n) is 8.76. The highest BCUT2D eigenvalue weighted by molar-refractivity contribution is 5.28. The van der Waals surface area contributed by atoms with Gasteiger partial charge in [-0.25, -0.2) is 4.98 Å². The largest absolute Gasteiger partial charge is 0.481 e. The van der Waals surface area contributed by atoms with Crippen LogP contribution < -0.4 is 10.1 Å². The second kappa shape index (κ2) is 8.80. The van der Waals surface area contributed by atoms with E-state index in [0.717, 1.165) is 44.5 Å². The Labute approximate surface area is 174 Å². The number of aryl methyl sites for hydroxylation is 1. The highest BCUT2D eigenvalue weighted by atomic mass is 16.5. The third-order valence-corrected chi connectivity index (χ3v) is 6.76. The van der Waals surface area contributed by atoms with Crippen molar-refractivity contribution in [1.29, 1.82) is 0 Å². The van der Waals surface area contributed by atoms with Crippen molar-refractivity contribution in [2.45, 2.75) is 69.4 Å². The second-order valence-corrected chi connectivity index (χ2v) is 8.76. The predicted molar refractivity (Wildman–Crippen MR) is 114 cm³/mol. The Balaban J connectivity index is 1.43. The molecule has 156 valence electrons. The van der Waals surface area contributed by atoms with Crippen molar-refractivity contribution in [3.63, 3.8) is 0 Å². The average Bonchev–Trinajstić information content (AvgIpc) is 3.19. The molecule has 0 bridgehead atoms. The Morgan fingerprint density at radius 3 is 2.76 bits per heavy atom. The minimum atomic E-state index is 0.0762. The van der Waals surface area contributed by atoms with Gasteiger partial charge >= 0.3 is 0 Å². The molecule has 1 spiro atoms. The molecule has 1 aliphatic heterocycles. The summed E-state index contributed by atoms with van der Waals surface area (Å²) >= 11 is 0. The summed E-state index contributed by atoms with van der Waals surface area (Å²) in [5.74, 6) is 0.701. The van der Waals surface area contributed by atoms with Crippen LogP contribution in [0.5, 0.6) is 5.88 Å². The van der Waals surface area contributed by atoms with Crippen LogP contribution in [0.2, 0.25) is 0 Å². The van der Waals surface area contributed by atoms with Crippen LogP contribution in [0.25, 0.3) is 0 Å². The zero-order chi connectivity index (χ0) is 20.2. The first-order chi connectivity index (χ1) is 14.1. The van der Waals surface area contributed by atoms with Gasteiger partial charge in [-0.1, -0.05) is 18.9 Å². The molecule has 1 saturated carbocycles. The number of pyridine rings is 2. The van der Waals surface area contributed by atoms with E-state index in [-0.39, 0.29) is 11.0 Å². The molecule has 3 heterocycles. The van der Waals surface area contributed by atoms with Crippen LogP contribution in [-0.4, -0.2) is 35.8 Å². The molecule has 1 aliphatic carbocycles. The summed E-state index contributed by atoms with van der Waals surface area (Å²) in [5.41, 5.74) is 3.68. The lowest BCUT2D eigenvalue weighted by Crippen LogP contribution is -2.47. The first kappa shape index (κ1) is 20.3. The SMILES string of the molecule is COc1ncc(CNCCC2(c3ccccn3)CCOC3(CCCC3)C2)cc1C. The van der Waals surface area contributed by atoms with Gasteiger partial charge in [-0.15, -0.1) is 0 Å². The third-order valence-electron chi connectivity index (χ3n) is 6.76. The van der Waals surface area contributed by atoms with Crippen molar-refractivity contribution >= 4 is 0 Å². The molecule has 5 nitrogen and oxygen atoms in total. The number of ether oxygens (including phenoxy) is 2. The molecule has 1 N–H and O–H groups in total. The van der Waals surface area contributed by atoms with Crippen molar-refractivity contribution in [3.05, 3.63) is 53.5 Å². The molecule has 2 aromatic heterocycles. The smallest absolute Gasteiger partial charge is 0.215 e. The summed E-state index contributed by atoms with van der Waals surface area (Å²) in [5, 5.41) is 3.64. The maximum Gasteiger partial charge on any atom is 0.215 e. The number of methoxy groups -OCH3 is 1. The van der Waals surface area contributed by atoms with Crippen molar-refractivity contribution in [2.24, 2.45) is 0 Å². The number of hydrogen-bond donors (Lipinski definition) is 1. The summed E-state index contributed by atoms with van der Waals surface area (Å²) in [7, 11) is 1.66. The Morgan fingerprint density at radius 2 is 2.03 bits per heavy atom. The van der Waals surface area contributed by atoms with E-state index in [9.17, 15) is 0 Å². The Kier molecular flexibility index (Phi) is 6.16. The van der Waals surface area contributed by atoms with Gasteiger partial charge in [0.05, 0.1) is 12.7 Å². The molecule has 0 amide bonds. The number of aromatic nitrogens is 2. The molecule has 4 rings (SSSR count). The molecule has 2 fully saturated rings. The summed E-state index contributed by atoms with van der Waals surface area (Å²) in [6.07, 6.45) is 12.1. The van der Waals surface area contributed by atoms with Crippen LogP contribution >= 0.6 is 0 Å². The van der Waals surface area contributed by atoms with E-state index in [0.29, 0.717) is 5.88 Å². The van der Waals surface area contributed by atoms with Gasteiger partial charge in [-0.3, -0.25) is 4.98 Å². The first-order valence-electron chi connectivity index (χ1n) is 10.9. The molecule has 0 radical (unpaired) electrons. The van der Waals surface area contributed by atoms with Crippen molar-refractivity contribution in [2.75, 3.05) is 20.3 Å². The number of hydrogen-bond acceptors (Lipinski definition) is 5. The highest BCUT2D eigenvalue weighted by Crippen LogP contribution is 2.49. The fourth-order valence-corrected chi connectivity index (χ4v) is 5.29. The van der Waals surface area contributed by atoms with Gasteiger partial charge in [0.2, 0.25) is 5.88 Å². The van der Waals surface area contributed by atoms with Crippen LogP contribution in [0.15, 0.2) is 36.7 Å². The zero-order valence-corrected chi connectivity index (χ0v) is 17.7. The molecule has 1 unspecified atom stereocenters. The average molecular weight is 396 g/mol. The lowest BCUT2D eigenvalue weighted by atomic mass is 9.68. The standard InChI is InChI=1S/C24H33N3O2/c1-19-15-20(17-27-22(19)28-2)16-25-13-10-23(21-7-3-6-12-26-21)11-14-29-24(18-23)8-4-5-9-24/h3,6-7,12,15,17,25H,4-5,8-11,13-14,16,18H2,1-2H3. The molecule has 1 atom stereocenters. The number of nitrogens with zero attached hydrogens (tertiary/aromatic N) is 2. The lowest BCUT2D eigenvalue weighted by molar-refractivity contribution is -0.104. The van der Waals surface area contributed by atoms with Gasteiger partial charge < -0.3 is 14.8 Å². The molecule has 2 aliphatic rings. The molecule has 2 aromatic rings. The monoisotopic (exact) mass is 395 g/mol. The fourth-order valence-electron chi connectivity index (χ4n) is 5.29. The van der Waals surface area contributed by atoms with E-state index in [1.165, 1.54) is 36.9 Å². The van der Waals surface area contributed by atoms with Gasteiger partial charge in [0.1, 0.15) is 0 Å². The Bertz CT molecular complexity index is 805. The molecular formula is C24H33N3O2. The van der Waals surface area contributed by atoms with Crippen LogP contribution in [0, 0.1) is 6.92 Å². The van der Waals surface area contributed by atoms with Crippen molar-refractivity contribution in [1.82, 2.24) is 15.3 Å². The van der Waals surface area contributed by atoms with Gasteiger partial charge in [-0.2, -0.15) is 0 Å². The quantitative estimate of drug-likeness (QED) is 0.707. The molecule has 29 heavy (non-hydrogen) atoms. The van der Waals surface area contributed by atoms with E-state index in [4.69, 9.17) is 14.5 Å². The zero-order valence-electron chi connectivity index (χ0n) is 17.7. The highest BCUT2D eigenvalue weighted by Gasteiger charge is 2.48. The van der Waals surface area contributed by atoms with Gasteiger partial charge in [0.25, 0.3) is 0 Å². The van der Waals surface area contributed by atoms with Gasteiger partial charge in [0.15, 0.2) is 0 Å². The van der Waals surface area contributed by atoms with Crippen LogP contribution in [0.4, 0.5) is 0 Å². The summed E-state index contributed by atoms with van der Waals surface area (Å²) in [6.45, 7) is 4.65. The fraction of sp³-hybridized carbons (Fsp3) is 0.583. The van der Waals surface area contributed by atoms with Gasteiger partial charge in [-0.05, 0) is 69.3 Å². The van der Waals surface area contributed by atoms with Crippen LogP contribution in [0.3, 0.4) is 0 Å². The minimum absolute atomic E-state index is 0.0762. The summed E-state index contributed by atoms with van der Waals surface area (Å²) < 4.78 is 11.6. The third kappa shape index (κ3) is 4.46. The van der Waals surface area contributed by atoms with Crippen LogP contribution in [-0.2, 0) is 16.7 Å².